The minimum absolute atomic E-state index is 0.0363. The zero-order valence-corrected chi connectivity index (χ0v) is 10.4. The highest BCUT2D eigenvalue weighted by atomic mass is 19.4. The van der Waals surface area contributed by atoms with E-state index in [1.165, 1.54) is 17.9 Å². The first-order chi connectivity index (χ1) is 8.82. The van der Waals surface area contributed by atoms with E-state index in [1.54, 1.807) is 6.08 Å². The van der Waals surface area contributed by atoms with E-state index in [2.05, 4.69) is 11.6 Å². The van der Waals surface area contributed by atoms with Crippen LogP contribution in [0.5, 0.6) is 0 Å². The number of anilines is 1. The summed E-state index contributed by atoms with van der Waals surface area (Å²) in [6.45, 7) is 5.54. The van der Waals surface area contributed by atoms with Gasteiger partial charge in [-0.1, -0.05) is 6.08 Å². The number of rotatable bonds is 2. The van der Waals surface area contributed by atoms with Crippen molar-refractivity contribution in [1.82, 2.24) is 4.98 Å². The van der Waals surface area contributed by atoms with Crippen molar-refractivity contribution in [3.63, 3.8) is 0 Å². The molecule has 1 aliphatic heterocycles. The van der Waals surface area contributed by atoms with Crippen LogP contribution in [0.2, 0.25) is 0 Å². The SMILES string of the molecule is C=CC1CC(=O)N(c2ccc(C(F)(F)F)nc2C)C1. The topological polar surface area (TPSA) is 33.2 Å². The largest absolute Gasteiger partial charge is 0.433 e. The lowest BCUT2D eigenvalue weighted by atomic mass is 10.1. The second-order valence-corrected chi connectivity index (χ2v) is 4.50. The molecular formula is C13H13F3N2O. The van der Waals surface area contributed by atoms with Crippen LogP contribution in [0.3, 0.4) is 0 Å². The fourth-order valence-corrected chi connectivity index (χ4v) is 2.12. The van der Waals surface area contributed by atoms with Gasteiger partial charge in [0.05, 0.1) is 11.4 Å². The van der Waals surface area contributed by atoms with E-state index in [1.807, 2.05) is 0 Å². The predicted octanol–water partition coefficient (Wildman–Crippen LogP) is 2.95. The number of carbonyl (C=O) groups is 1. The standard InChI is InChI=1S/C13H13F3N2O/c1-3-9-6-12(19)18(7-9)10-4-5-11(13(14,15)16)17-8(10)2/h3-5,9H,1,6-7H2,2H3. The van der Waals surface area contributed by atoms with Crippen LogP contribution in [0.25, 0.3) is 0 Å². The Morgan fingerprint density at radius 3 is 2.63 bits per heavy atom. The Kier molecular flexibility index (Phi) is 3.34. The first kappa shape index (κ1) is 13.6. The maximum Gasteiger partial charge on any atom is 0.433 e. The molecule has 1 amide bonds. The molecule has 2 heterocycles. The van der Waals surface area contributed by atoms with Crippen molar-refractivity contribution < 1.29 is 18.0 Å². The first-order valence-electron chi connectivity index (χ1n) is 5.80. The number of halogens is 3. The fraction of sp³-hybridized carbons (Fsp3) is 0.385. The first-order valence-corrected chi connectivity index (χ1v) is 5.80. The summed E-state index contributed by atoms with van der Waals surface area (Å²) in [7, 11) is 0. The van der Waals surface area contributed by atoms with Gasteiger partial charge in [0.15, 0.2) is 0 Å². The second-order valence-electron chi connectivity index (χ2n) is 4.50. The summed E-state index contributed by atoms with van der Waals surface area (Å²) in [5.74, 6) is -0.0799. The molecule has 1 saturated heterocycles. The summed E-state index contributed by atoms with van der Waals surface area (Å²) in [4.78, 5) is 16.8. The molecule has 19 heavy (non-hydrogen) atoms. The molecular weight excluding hydrogens is 257 g/mol. The Morgan fingerprint density at radius 1 is 1.47 bits per heavy atom. The molecule has 0 aromatic carbocycles. The normalized spacial score (nSPS) is 19.9. The van der Waals surface area contributed by atoms with E-state index >= 15 is 0 Å². The lowest BCUT2D eigenvalue weighted by Gasteiger charge is -2.19. The number of aromatic nitrogens is 1. The van der Waals surface area contributed by atoms with Crippen molar-refractivity contribution in [3.05, 3.63) is 36.2 Å². The van der Waals surface area contributed by atoms with E-state index in [4.69, 9.17) is 0 Å². The number of amides is 1. The molecule has 0 saturated carbocycles. The smallest absolute Gasteiger partial charge is 0.310 e. The number of nitrogens with zero attached hydrogens (tertiary/aromatic N) is 2. The van der Waals surface area contributed by atoms with E-state index in [0.29, 0.717) is 18.7 Å². The Balaban J connectivity index is 2.32. The van der Waals surface area contributed by atoms with Crippen molar-refractivity contribution in [2.45, 2.75) is 19.5 Å². The van der Waals surface area contributed by atoms with Crippen LogP contribution in [0.1, 0.15) is 17.8 Å². The van der Waals surface area contributed by atoms with Gasteiger partial charge < -0.3 is 4.90 Å². The van der Waals surface area contributed by atoms with E-state index in [0.717, 1.165) is 6.07 Å². The van der Waals surface area contributed by atoms with E-state index < -0.39 is 11.9 Å². The predicted molar refractivity (Wildman–Crippen MR) is 64.6 cm³/mol. The van der Waals surface area contributed by atoms with Crippen LogP contribution in [0.4, 0.5) is 18.9 Å². The number of alkyl halides is 3. The molecule has 0 spiro atoms. The molecule has 0 aliphatic carbocycles. The number of aryl methyl sites for hydroxylation is 1. The average Bonchev–Trinajstić information content (AvgIpc) is 2.69. The lowest BCUT2D eigenvalue weighted by Crippen LogP contribution is -2.26. The molecule has 1 aromatic rings. The molecule has 1 atom stereocenters. The van der Waals surface area contributed by atoms with Gasteiger partial charge in [-0.05, 0) is 19.1 Å². The van der Waals surface area contributed by atoms with Gasteiger partial charge in [-0.15, -0.1) is 6.58 Å². The molecule has 1 fully saturated rings. The molecule has 1 aromatic heterocycles. The van der Waals surface area contributed by atoms with Crippen molar-refractivity contribution in [2.24, 2.45) is 5.92 Å². The zero-order chi connectivity index (χ0) is 14.2. The third kappa shape index (κ3) is 2.62. The highest BCUT2D eigenvalue weighted by Gasteiger charge is 2.34. The molecule has 102 valence electrons. The van der Waals surface area contributed by atoms with Gasteiger partial charge in [-0.25, -0.2) is 4.98 Å². The van der Waals surface area contributed by atoms with Crippen LogP contribution in [-0.4, -0.2) is 17.4 Å². The Bertz CT molecular complexity index is 525. The van der Waals surface area contributed by atoms with E-state index in [-0.39, 0.29) is 17.5 Å². The third-order valence-electron chi connectivity index (χ3n) is 3.13. The van der Waals surface area contributed by atoms with Crippen LogP contribution in [-0.2, 0) is 11.0 Å². The van der Waals surface area contributed by atoms with Crippen LogP contribution >= 0.6 is 0 Å². The number of hydrogen-bond donors (Lipinski definition) is 0. The molecule has 1 aliphatic rings. The number of carbonyl (C=O) groups excluding carboxylic acids is 1. The summed E-state index contributed by atoms with van der Waals surface area (Å²) in [6, 6.07) is 2.20. The molecule has 1 unspecified atom stereocenters. The monoisotopic (exact) mass is 270 g/mol. The summed E-state index contributed by atoms with van der Waals surface area (Å²) in [5.41, 5.74) is -0.309. The van der Waals surface area contributed by atoms with Crippen LogP contribution in [0, 0.1) is 12.8 Å². The average molecular weight is 270 g/mol. The highest BCUT2D eigenvalue weighted by Crippen LogP contribution is 2.32. The van der Waals surface area contributed by atoms with Gasteiger partial charge >= 0.3 is 6.18 Å². The lowest BCUT2D eigenvalue weighted by molar-refractivity contribution is -0.141. The number of pyridine rings is 1. The molecule has 2 rings (SSSR count). The summed E-state index contributed by atoms with van der Waals surface area (Å²) in [5, 5.41) is 0. The van der Waals surface area contributed by atoms with Gasteiger partial charge in [0, 0.05) is 18.9 Å². The molecule has 3 nitrogen and oxygen atoms in total. The van der Waals surface area contributed by atoms with Crippen molar-refractivity contribution >= 4 is 11.6 Å². The van der Waals surface area contributed by atoms with Crippen LogP contribution in [0.15, 0.2) is 24.8 Å². The number of hydrogen-bond acceptors (Lipinski definition) is 2. The van der Waals surface area contributed by atoms with Crippen molar-refractivity contribution in [3.8, 4) is 0 Å². The van der Waals surface area contributed by atoms with E-state index in [9.17, 15) is 18.0 Å². The summed E-state index contributed by atoms with van der Waals surface area (Å²) < 4.78 is 37.5. The molecule has 0 bridgehead atoms. The molecule has 6 heteroatoms. The minimum atomic E-state index is -4.47. The van der Waals surface area contributed by atoms with Gasteiger partial charge in [0.25, 0.3) is 0 Å². The van der Waals surface area contributed by atoms with Crippen LogP contribution < -0.4 is 4.90 Å². The maximum absolute atomic E-state index is 12.5. The quantitative estimate of drug-likeness (QED) is 0.774. The molecule has 0 N–H and O–H groups in total. The third-order valence-corrected chi connectivity index (χ3v) is 3.13. The Hall–Kier alpha value is -1.85. The van der Waals surface area contributed by atoms with Gasteiger partial charge in [0.1, 0.15) is 5.69 Å². The maximum atomic E-state index is 12.5. The summed E-state index contributed by atoms with van der Waals surface area (Å²) >= 11 is 0. The van der Waals surface area contributed by atoms with Gasteiger partial charge in [-0.3, -0.25) is 4.79 Å². The van der Waals surface area contributed by atoms with Gasteiger partial charge in [-0.2, -0.15) is 13.2 Å². The molecule has 0 radical (unpaired) electrons. The van der Waals surface area contributed by atoms with Crippen molar-refractivity contribution in [1.29, 1.82) is 0 Å². The Labute approximate surface area is 108 Å². The summed E-state index contributed by atoms with van der Waals surface area (Å²) in [6.07, 6.45) is -2.45. The zero-order valence-electron chi connectivity index (χ0n) is 10.4. The van der Waals surface area contributed by atoms with Crippen molar-refractivity contribution in [2.75, 3.05) is 11.4 Å². The highest BCUT2D eigenvalue weighted by molar-refractivity contribution is 5.96. The second kappa shape index (κ2) is 4.68. The Morgan fingerprint density at radius 2 is 2.16 bits per heavy atom. The van der Waals surface area contributed by atoms with Gasteiger partial charge in [0.2, 0.25) is 5.91 Å². The minimum Gasteiger partial charge on any atom is -0.310 e. The fourth-order valence-electron chi connectivity index (χ4n) is 2.12.